The quantitative estimate of drug-likeness (QED) is 0.766. The van der Waals surface area contributed by atoms with Crippen molar-refractivity contribution < 1.29 is 0 Å². The lowest BCUT2D eigenvalue weighted by molar-refractivity contribution is 0.563. The smallest absolute Gasteiger partial charge is 0.164 e. The van der Waals surface area contributed by atoms with Gasteiger partial charge in [0.05, 0.1) is 10.7 Å². The van der Waals surface area contributed by atoms with Crippen molar-refractivity contribution >= 4 is 45.8 Å². The van der Waals surface area contributed by atoms with Gasteiger partial charge in [0, 0.05) is 24.4 Å². The summed E-state index contributed by atoms with van der Waals surface area (Å²) in [5.41, 5.74) is 0.775. The monoisotopic (exact) mass is 260 g/mol. The highest BCUT2D eigenvalue weighted by Gasteiger charge is 2.15. The van der Waals surface area contributed by atoms with E-state index in [4.69, 9.17) is 23.2 Å². The number of halogens is 2. The van der Waals surface area contributed by atoms with E-state index in [0.29, 0.717) is 10.0 Å². The predicted octanol–water partition coefficient (Wildman–Crippen LogP) is 3.66. The maximum atomic E-state index is 6.04. The first kappa shape index (κ1) is 11.1. The SMILES string of the molecule is CN1CCSC1=Nc1ccc(Cl)cc1Cl. The molecule has 80 valence electrons. The Labute approximate surface area is 103 Å². The summed E-state index contributed by atoms with van der Waals surface area (Å²) in [6.07, 6.45) is 0. The molecule has 5 heteroatoms. The van der Waals surface area contributed by atoms with Gasteiger partial charge in [-0.3, -0.25) is 0 Å². The molecule has 0 radical (unpaired) electrons. The Morgan fingerprint density at radius 3 is 2.80 bits per heavy atom. The van der Waals surface area contributed by atoms with Crippen LogP contribution in [0.4, 0.5) is 5.69 Å². The molecule has 1 fully saturated rings. The zero-order valence-electron chi connectivity index (χ0n) is 8.20. The van der Waals surface area contributed by atoms with E-state index in [1.165, 1.54) is 0 Å². The number of nitrogens with zero attached hydrogens (tertiary/aromatic N) is 2. The first-order chi connectivity index (χ1) is 7.16. The van der Waals surface area contributed by atoms with Crippen molar-refractivity contribution in [2.45, 2.75) is 0 Å². The van der Waals surface area contributed by atoms with Gasteiger partial charge < -0.3 is 4.90 Å². The fourth-order valence-corrected chi connectivity index (χ4v) is 2.75. The van der Waals surface area contributed by atoms with E-state index in [2.05, 4.69) is 9.89 Å². The molecule has 1 aromatic carbocycles. The molecule has 0 aliphatic carbocycles. The van der Waals surface area contributed by atoms with Gasteiger partial charge >= 0.3 is 0 Å². The molecule has 1 saturated heterocycles. The number of rotatable bonds is 1. The van der Waals surface area contributed by atoms with Crippen LogP contribution >= 0.6 is 35.0 Å². The topological polar surface area (TPSA) is 15.6 Å². The number of benzene rings is 1. The summed E-state index contributed by atoms with van der Waals surface area (Å²) in [6.45, 7) is 1.04. The van der Waals surface area contributed by atoms with Crippen LogP contribution in [0.2, 0.25) is 10.0 Å². The largest absolute Gasteiger partial charge is 0.353 e. The number of amidine groups is 1. The van der Waals surface area contributed by atoms with E-state index in [9.17, 15) is 0 Å². The third-order valence-corrected chi connectivity index (χ3v) is 3.70. The third kappa shape index (κ3) is 2.60. The molecular weight excluding hydrogens is 251 g/mol. The van der Waals surface area contributed by atoms with Gasteiger partial charge in [-0.2, -0.15) is 0 Å². The summed E-state index contributed by atoms with van der Waals surface area (Å²) >= 11 is 13.6. The second-order valence-corrected chi connectivity index (χ2v) is 5.17. The van der Waals surface area contributed by atoms with Gasteiger partial charge in [-0.25, -0.2) is 4.99 Å². The fourth-order valence-electron chi connectivity index (χ4n) is 1.27. The minimum Gasteiger partial charge on any atom is -0.353 e. The predicted molar refractivity (Wildman–Crippen MR) is 68.6 cm³/mol. The number of thioether (sulfide) groups is 1. The van der Waals surface area contributed by atoms with Crippen LogP contribution in [0.15, 0.2) is 23.2 Å². The fraction of sp³-hybridized carbons (Fsp3) is 0.300. The zero-order chi connectivity index (χ0) is 10.8. The molecule has 0 spiro atoms. The van der Waals surface area contributed by atoms with Crippen molar-refractivity contribution in [2.24, 2.45) is 4.99 Å². The Bertz CT molecular complexity index is 406. The summed E-state index contributed by atoms with van der Waals surface area (Å²) in [4.78, 5) is 6.62. The minimum atomic E-state index is 0.593. The highest BCUT2D eigenvalue weighted by molar-refractivity contribution is 8.14. The summed E-state index contributed by atoms with van der Waals surface area (Å²) in [5, 5.41) is 2.24. The average molecular weight is 261 g/mol. The zero-order valence-corrected chi connectivity index (χ0v) is 10.5. The normalized spacial score (nSPS) is 18.9. The van der Waals surface area contributed by atoms with Crippen LogP contribution in [0, 0.1) is 0 Å². The number of aliphatic imine (C=N–C) groups is 1. The molecule has 2 rings (SSSR count). The lowest BCUT2D eigenvalue weighted by atomic mass is 10.3. The first-order valence-electron chi connectivity index (χ1n) is 4.54. The van der Waals surface area contributed by atoms with Gasteiger partial charge in [0.2, 0.25) is 0 Å². The maximum absolute atomic E-state index is 6.04. The number of hydrogen-bond donors (Lipinski definition) is 0. The molecule has 2 nitrogen and oxygen atoms in total. The maximum Gasteiger partial charge on any atom is 0.164 e. The van der Waals surface area contributed by atoms with Crippen LogP contribution in [-0.4, -0.2) is 29.4 Å². The van der Waals surface area contributed by atoms with Crippen molar-refractivity contribution in [1.29, 1.82) is 0 Å². The standard InChI is InChI=1S/C10H10Cl2N2S/c1-14-4-5-15-10(14)13-9-3-2-7(11)6-8(9)12/h2-3,6H,4-5H2,1H3. The van der Waals surface area contributed by atoms with E-state index in [-0.39, 0.29) is 0 Å². The van der Waals surface area contributed by atoms with Crippen molar-refractivity contribution in [3.05, 3.63) is 28.2 Å². The second kappa shape index (κ2) is 4.64. The Balaban J connectivity index is 2.30. The van der Waals surface area contributed by atoms with Crippen LogP contribution in [0.3, 0.4) is 0 Å². The molecule has 1 heterocycles. The van der Waals surface area contributed by atoms with Gasteiger partial charge in [-0.1, -0.05) is 35.0 Å². The van der Waals surface area contributed by atoms with Gasteiger partial charge in [-0.05, 0) is 18.2 Å². The average Bonchev–Trinajstić information content (AvgIpc) is 2.57. The third-order valence-electron chi connectivity index (χ3n) is 2.11. The Hall–Kier alpha value is -0.380. The highest BCUT2D eigenvalue weighted by Crippen LogP contribution is 2.30. The summed E-state index contributed by atoms with van der Waals surface area (Å²) in [5.74, 6) is 1.08. The molecule has 0 amide bonds. The Morgan fingerprint density at radius 2 is 2.20 bits per heavy atom. The molecule has 0 unspecified atom stereocenters. The van der Waals surface area contributed by atoms with Gasteiger partial charge in [0.1, 0.15) is 0 Å². The Kier molecular flexibility index (Phi) is 3.44. The molecule has 1 aromatic rings. The van der Waals surface area contributed by atoms with Gasteiger partial charge in [0.15, 0.2) is 5.17 Å². The highest BCUT2D eigenvalue weighted by atomic mass is 35.5. The lowest BCUT2D eigenvalue weighted by Crippen LogP contribution is -2.17. The molecule has 0 atom stereocenters. The van der Waals surface area contributed by atoms with Gasteiger partial charge in [-0.15, -0.1) is 0 Å². The summed E-state index contributed by atoms with van der Waals surface area (Å²) in [6, 6.07) is 5.35. The molecule has 0 N–H and O–H groups in total. The van der Waals surface area contributed by atoms with Crippen molar-refractivity contribution in [2.75, 3.05) is 19.3 Å². The molecular formula is C10H10Cl2N2S. The van der Waals surface area contributed by atoms with Crippen molar-refractivity contribution in [3.8, 4) is 0 Å². The van der Waals surface area contributed by atoms with Crippen LogP contribution < -0.4 is 0 Å². The van der Waals surface area contributed by atoms with Gasteiger partial charge in [0.25, 0.3) is 0 Å². The van der Waals surface area contributed by atoms with E-state index in [0.717, 1.165) is 23.2 Å². The first-order valence-corrected chi connectivity index (χ1v) is 6.28. The lowest BCUT2D eigenvalue weighted by Gasteiger charge is -2.09. The van der Waals surface area contributed by atoms with Crippen LogP contribution in [0.25, 0.3) is 0 Å². The molecule has 1 aliphatic rings. The van der Waals surface area contributed by atoms with Crippen LogP contribution in [0.5, 0.6) is 0 Å². The van der Waals surface area contributed by atoms with E-state index in [1.807, 2.05) is 13.1 Å². The molecule has 0 bridgehead atoms. The second-order valence-electron chi connectivity index (χ2n) is 3.26. The molecule has 1 aliphatic heterocycles. The summed E-state index contributed by atoms with van der Waals surface area (Å²) in [7, 11) is 2.03. The Morgan fingerprint density at radius 1 is 1.40 bits per heavy atom. The minimum absolute atomic E-state index is 0.593. The van der Waals surface area contributed by atoms with Crippen LogP contribution in [0.1, 0.15) is 0 Å². The summed E-state index contributed by atoms with van der Waals surface area (Å²) < 4.78 is 0. The van der Waals surface area contributed by atoms with E-state index >= 15 is 0 Å². The van der Waals surface area contributed by atoms with Crippen molar-refractivity contribution in [1.82, 2.24) is 4.90 Å². The van der Waals surface area contributed by atoms with Crippen molar-refractivity contribution in [3.63, 3.8) is 0 Å². The molecule has 0 aromatic heterocycles. The van der Waals surface area contributed by atoms with E-state index < -0.39 is 0 Å². The van der Waals surface area contributed by atoms with E-state index in [1.54, 1.807) is 23.9 Å². The molecule has 15 heavy (non-hydrogen) atoms. The molecule has 0 saturated carbocycles. The number of hydrogen-bond acceptors (Lipinski definition) is 2. The van der Waals surface area contributed by atoms with Crippen LogP contribution in [-0.2, 0) is 0 Å².